The highest BCUT2D eigenvalue weighted by Gasteiger charge is 2.11. The van der Waals surface area contributed by atoms with Gasteiger partial charge in [0.1, 0.15) is 5.82 Å². The molecule has 0 bridgehead atoms. The van der Waals surface area contributed by atoms with Gasteiger partial charge in [0.2, 0.25) is 0 Å². The van der Waals surface area contributed by atoms with E-state index in [1.165, 1.54) is 12.1 Å². The maximum atomic E-state index is 13.6. The zero-order chi connectivity index (χ0) is 14.1. The number of hydrogen-bond acceptors (Lipinski definition) is 2. The predicted octanol–water partition coefficient (Wildman–Crippen LogP) is 4.39. The fourth-order valence-electron chi connectivity index (χ4n) is 1.94. The summed E-state index contributed by atoms with van der Waals surface area (Å²) < 4.78 is 15.7. The smallest absolute Gasteiger partial charge is 0.200 e. The summed E-state index contributed by atoms with van der Waals surface area (Å²) in [4.78, 5) is 0. The van der Waals surface area contributed by atoms with Gasteiger partial charge in [-0.2, -0.15) is 5.10 Å². The van der Waals surface area contributed by atoms with E-state index in [0.29, 0.717) is 16.3 Å². The maximum Gasteiger partial charge on any atom is 0.200 e. The number of nitrogens with one attached hydrogen (secondary N) is 1. The lowest BCUT2D eigenvalue weighted by atomic mass is 10.2. The van der Waals surface area contributed by atoms with Crippen LogP contribution in [0.5, 0.6) is 0 Å². The van der Waals surface area contributed by atoms with Crippen LogP contribution in [0.15, 0.2) is 48.5 Å². The molecule has 0 amide bonds. The Morgan fingerprint density at radius 2 is 1.90 bits per heavy atom. The topological polar surface area (TPSA) is 33.6 Å². The molecule has 1 heterocycles. The number of rotatable bonds is 2. The Kier molecular flexibility index (Phi) is 3.38. The Balaban J connectivity index is 2.22. The first-order chi connectivity index (χ1) is 9.66. The molecule has 0 saturated heterocycles. The fourth-order valence-corrected chi connectivity index (χ4v) is 2.30. The van der Waals surface area contributed by atoms with Crippen molar-refractivity contribution in [1.82, 2.24) is 14.8 Å². The molecule has 0 saturated carbocycles. The van der Waals surface area contributed by atoms with E-state index < -0.39 is 5.82 Å². The first kappa shape index (κ1) is 13.0. The molecule has 0 atom stereocenters. The Morgan fingerprint density at radius 3 is 2.60 bits per heavy atom. The summed E-state index contributed by atoms with van der Waals surface area (Å²) in [6.45, 7) is 0. The van der Waals surface area contributed by atoms with E-state index in [2.05, 4.69) is 10.2 Å². The number of benzene rings is 2. The van der Waals surface area contributed by atoms with Crippen LogP contribution in [0.1, 0.15) is 0 Å². The van der Waals surface area contributed by atoms with Crippen molar-refractivity contribution in [3.63, 3.8) is 0 Å². The summed E-state index contributed by atoms with van der Waals surface area (Å²) in [7, 11) is 0. The van der Waals surface area contributed by atoms with Gasteiger partial charge >= 0.3 is 0 Å². The van der Waals surface area contributed by atoms with Crippen LogP contribution < -0.4 is 0 Å². The average molecular weight is 306 g/mol. The summed E-state index contributed by atoms with van der Waals surface area (Å²) >= 11 is 10.9. The Labute approximate surface area is 124 Å². The van der Waals surface area contributed by atoms with Gasteiger partial charge in [0.25, 0.3) is 0 Å². The number of nitrogens with zero attached hydrogens (tertiary/aromatic N) is 2. The molecule has 0 radical (unpaired) electrons. The molecular weight excluding hydrogens is 297 g/mol. The molecule has 2 aromatic carbocycles. The Bertz CT molecular complexity index is 811. The molecule has 20 heavy (non-hydrogen) atoms. The summed E-state index contributed by atoms with van der Waals surface area (Å²) in [5, 5.41) is 7.01. The molecule has 6 heteroatoms. The van der Waals surface area contributed by atoms with Crippen LogP contribution in [0.4, 0.5) is 4.39 Å². The molecular formula is C14H9ClFN3S. The highest BCUT2D eigenvalue weighted by molar-refractivity contribution is 7.71. The Hall–Kier alpha value is -1.98. The number of H-pyrrole nitrogens is 1. The first-order valence-corrected chi connectivity index (χ1v) is 6.64. The second kappa shape index (κ2) is 5.19. The van der Waals surface area contributed by atoms with Gasteiger partial charge in [-0.25, -0.2) is 4.39 Å². The summed E-state index contributed by atoms with van der Waals surface area (Å²) in [6, 6.07) is 14.1. The molecule has 3 aromatic rings. The zero-order valence-corrected chi connectivity index (χ0v) is 11.7. The predicted molar refractivity (Wildman–Crippen MR) is 79.2 cm³/mol. The van der Waals surface area contributed by atoms with Crippen molar-refractivity contribution in [2.45, 2.75) is 0 Å². The van der Waals surface area contributed by atoms with Crippen LogP contribution >= 0.6 is 23.8 Å². The van der Waals surface area contributed by atoms with Crippen molar-refractivity contribution in [2.75, 3.05) is 0 Å². The van der Waals surface area contributed by atoms with Crippen LogP contribution in [0.3, 0.4) is 0 Å². The number of aromatic nitrogens is 3. The van der Waals surface area contributed by atoms with Crippen molar-refractivity contribution in [3.05, 3.63) is 64.1 Å². The minimum atomic E-state index is -0.494. The van der Waals surface area contributed by atoms with E-state index in [1.807, 2.05) is 30.3 Å². The number of halogens is 2. The standard InChI is InChI=1S/C14H9ClFN3S/c15-11-7-6-10(8-12(11)16)19-13(17-18-14(19)20)9-4-2-1-3-5-9/h1-8H,(H,18,20). The van der Waals surface area contributed by atoms with Gasteiger partial charge in [-0.1, -0.05) is 41.9 Å². The van der Waals surface area contributed by atoms with Gasteiger partial charge in [-0.15, -0.1) is 0 Å². The number of hydrogen-bond donors (Lipinski definition) is 1. The summed E-state index contributed by atoms with van der Waals surface area (Å²) in [5.41, 5.74) is 1.46. The molecule has 3 nitrogen and oxygen atoms in total. The van der Waals surface area contributed by atoms with E-state index in [-0.39, 0.29) is 5.02 Å². The van der Waals surface area contributed by atoms with E-state index in [9.17, 15) is 4.39 Å². The Morgan fingerprint density at radius 1 is 1.15 bits per heavy atom. The van der Waals surface area contributed by atoms with Gasteiger partial charge in [0.15, 0.2) is 10.6 Å². The molecule has 1 N–H and O–H groups in total. The van der Waals surface area contributed by atoms with Crippen molar-refractivity contribution in [1.29, 1.82) is 0 Å². The first-order valence-electron chi connectivity index (χ1n) is 5.85. The third kappa shape index (κ3) is 2.26. The lowest BCUT2D eigenvalue weighted by Gasteiger charge is -2.07. The van der Waals surface area contributed by atoms with Crippen molar-refractivity contribution in [2.24, 2.45) is 0 Å². The molecule has 3 rings (SSSR count). The minimum Gasteiger partial charge on any atom is -0.268 e. The van der Waals surface area contributed by atoms with Crippen LogP contribution in [0.25, 0.3) is 17.1 Å². The number of aromatic amines is 1. The van der Waals surface area contributed by atoms with Crippen LogP contribution in [-0.4, -0.2) is 14.8 Å². The highest BCUT2D eigenvalue weighted by Crippen LogP contribution is 2.24. The molecule has 0 spiro atoms. The van der Waals surface area contributed by atoms with Gasteiger partial charge in [0, 0.05) is 5.56 Å². The van der Waals surface area contributed by atoms with Crippen LogP contribution in [0.2, 0.25) is 5.02 Å². The van der Waals surface area contributed by atoms with Gasteiger partial charge in [0.05, 0.1) is 10.7 Å². The monoisotopic (exact) mass is 305 g/mol. The van der Waals surface area contributed by atoms with E-state index in [1.54, 1.807) is 10.6 Å². The minimum absolute atomic E-state index is 0.0741. The van der Waals surface area contributed by atoms with Crippen LogP contribution in [0, 0.1) is 10.6 Å². The van der Waals surface area contributed by atoms with E-state index in [0.717, 1.165) is 5.56 Å². The SMILES string of the molecule is Fc1cc(-n2c(-c3ccccc3)n[nH]c2=S)ccc1Cl. The maximum absolute atomic E-state index is 13.6. The molecule has 0 aliphatic carbocycles. The lowest BCUT2D eigenvalue weighted by Crippen LogP contribution is -1.98. The second-order valence-electron chi connectivity index (χ2n) is 4.15. The van der Waals surface area contributed by atoms with E-state index >= 15 is 0 Å². The molecule has 0 aliphatic heterocycles. The molecule has 0 aliphatic rings. The van der Waals surface area contributed by atoms with Gasteiger partial charge < -0.3 is 0 Å². The molecule has 0 unspecified atom stereocenters. The third-order valence-corrected chi connectivity index (χ3v) is 3.45. The summed E-state index contributed by atoms with van der Waals surface area (Å²) in [5.74, 6) is 0.128. The quantitative estimate of drug-likeness (QED) is 0.712. The normalized spacial score (nSPS) is 10.7. The third-order valence-electron chi connectivity index (χ3n) is 2.87. The van der Waals surface area contributed by atoms with Crippen molar-refractivity contribution < 1.29 is 4.39 Å². The van der Waals surface area contributed by atoms with E-state index in [4.69, 9.17) is 23.8 Å². The van der Waals surface area contributed by atoms with Gasteiger partial charge in [-0.3, -0.25) is 9.67 Å². The second-order valence-corrected chi connectivity index (χ2v) is 4.95. The molecule has 1 aromatic heterocycles. The molecule has 100 valence electrons. The summed E-state index contributed by atoms with van der Waals surface area (Å²) in [6.07, 6.45) is 0. The lowest BCUT2D eigenvalue weighted by molar-refractivity contribution is 0.627. The molecule has 0 fully saturated rings. The average Bonchev–Trinajstić information content (AvgIpc) is 2.85. The fraction of sp³-hybridized carbons (Fsp3) is 0. The van der Waals surface area contributed by atoms with Crippen molar-refractivity contribution >= 4 is 23.8 Å². The highest BCUT2D eigenvalue weighted by atomic mass is 35.5. The zero-order valence-electron chi connectivity index (χ0n) is 10.2. The largest absolute Gasteiger partial charge is 0.268 e. The van der Waals surface area contributed by atoms with Crippen LogP contribution in [-0.2, 0) is 0 Å². The van der Waals surface area contributed by atoms with Crippen molar-refractivity contribution in [3.8, 4) is 17.1 Å². The van der Waals surface area contributed by atoms with Gasteiger partial charge in [-0.05, 0) is 30.4 Å².